The number of nitrogens with one attached hydrogen (secondary N) is 1. The fourth-order valence-corrected chi connectivity index (χ4v) is 11.0. The van der Waals surface area contributed by atoms with Crippen LogP contribution in [0, 0.1) is 0 Å². The maximum Gasteiger partial charge on any atom is 0.193 e. The maximum atomic E-state index is 13.1. The molecule has 162 valence electrons. The molecule has 1 saturated heterocycles. The van der Waals surface area contributed by atoms with Gasteiger partial charge >= 0.3 is 0 Å². The van der Waals surface area contributed by atoms with E-state index in [0.717, 1.165) is 24.4 Å². The average Bonchev–Trinajstić information content (AvgIpc) is 3.39. The van der Waals surface area contributed by atoms with E-state index in [2.05, 4.69) is 30.1 Å². The van der Waals surface area contributed by atoms with Crippen LogP contribution in [0.2, 0.25) is 4.34 Å². The van der Waals surface area contributed by atoms with E-state index in [9.17, 15) is 16.8 Å². The van der Waals surface area contributed by atoms with Crippen LogP contribution >= 0.6 is 34.3 Å². The van der Waals surface area contributed by atoms with Crippen LogP contribution in [0.1, 0.15) is 24.8 Å². The first-order valence-corrected chi connectivity index (χ1v) is 14.8. The van der Waals surface area contributed by atoms with Crippen LogP contribution in [0.4, 0.5) is 0 Å². The zero-order valence-corrected chi connectivity index (χ0v) is 20.3. The lowest BCUT2D eigenvalue weighted by Crippen LogP contribution is -2.46. The summed E-state index contributed by atoms with van der Waals surface area (Å²) in [7, 11) is -7.23. The quantitative estimate of drug-likeness (QED) is 0.574. The van der Waals surface area contributed by atoms with Crippen molar-refractivity contribution in [1.82, 2.24) is 10.2 Å². The summed E-state index contributed by atoms with van der Waals surface area (Å²) in [5, 5.41) is 4.29. The van der Waals surface area contributed by atoms with Gasteiger partial charge in [-0.25, -0.2) is 16.8 Å². The fourth-order valence-electron chi connectivity index (χ4n) is 3.73. The number of hydrogen-bond donors (Lipinski definition) is 1. The predicted molar refractivity (Wildman–Crippen MR) is 121 cm³/mol. The molecule has 2 aromatic rings. The summed E-state index contributed by atoms with van der Waals surface area (Å²) in [5.74, 6) is -0.539. The normalized spacial score (nSPS) is 22.9. The average molecular weight is 497 g/mol. The van der Waals surface area contributed by atoms with Gasteiger partial charge in [0, 0.05) is 17.5 Å². The van der Waals surface area contributed by atoms with E-state index in [1.165, 1.54) is 17.0 Å². The number of thiophene rings is 2. The Kier molecular flexibility index (Phi) is 7.46. The van der Waals surface area contributed by atoms with Gasteiger partial charge in [-0.15, -0.1) is 22.7 Å². The molecule has 1 aliphatic rings. The lowest BCUT2D eigenvalue weighted by atomic mass is 10.1. The first-order valence-electron chi connectivity index (χ1n) is 9.38. The minimum Gasteiger partial charge on any atom is -0.310 e. The molecular formula is C18H25ClN2O4S4. The molecule has 1 fully saturated rings. The third-order valence-electron chi connectivity index (χ3n) is 5.23. The molecule has 11 heteroatoms. The molecule has 3 atom stereocenters. The van der Waals surface area contributed by atoms with Crippen LogP contribution in [-0.2, 0) is 19.7 Å². The molecule has 1 unspecified atom stereocenters. The highest BCUT2D eigenvalue weighted by atomic mass is 35.5. The molecule has 0 spiro atoms. The van der Waals surface area contributed by atoms with Crippen molar-refractivity contribution >= 4 is 53.9 Å². The molecule has 0 amide bonds. The van der Waals surface area contributed by atoms with E-state index < -0.39 is 31.0 Å². The van der Waals surface area contributed by atoms with Gasteiger partial charge < -0.3 is 5.32 Å². The van der Waals surface area contributed by atoms with E-state index in [1.54, 1.807) is 11.3 Å². The van der Waals surface area contributed by atoms with Crippen LogP contribution in [0.5, 0.6) is 0 Å². The zero-order chi connectivity index (χ0) is 21.2. The lowest BCUT2D eigenvalue weighted by molar-refractivity contribution is 0.212. The number of nitrogens with zero attached hydrogens (tertiary/aromatic N) is 1. The molecule has 0 bridgehead atoms. The third kappa shape index (κ3) is 5.23. The second-order valence-electron chi connectivity index (χ2n) is 6.99. The molecule has 1 aliphatic heterocycles. The van der Waals surface area contributed by atoms with Gasteiger partial charge in [0.15, 0.2) is 19.7 Å². The molecule has 0 aromatic carbocycles. The van der Waals surface area contributed by atoms with Crippen molar-refractivity contribution in [3.05, 3.63) is 38.9 Å². The van der Waals surface area contributed by atoms with Crippen LogP contribution in [0.25, 0.3) is 0 Å². The Hall–Kier alpha value is -0.490. The second kappa shape index (κ2) is 9.33. The van der Waals surface area contributed by atoms with Gasteiger partial charge in [0.1, 0.15) is 4.21 Å². The summed E-state index contributed by atoms with van der Waals surface area (Å²) in [5.41, 5.74) is 0. The van der Waals surface area contributed by atoms with E-state index in [1.807, 2.05) is 11.4 Å². The van der Waals surface area contributed by atoms with Crippen molar-refractivity contribution in [3.63, 3.8) is 0 Å². The number of sulfone groups is 2. The fraction of sp³-hybridized carbons (Fsp3) is 0.556. The summed E-state index contributed by atoms with van der Waals surface area (Å²) in [6.07, 6.45) is 0. The number of hydrogen-bond acceptors (Lipinski definition) is 8. The Balaban J connectivity index is 1.83. The minimum atomic E-state index is -3.79. The third-order valence-corrected chi connectivity index (χ3v) is 12.1. The Morgan fingerprint density at radius 2 is 1.97 bits per heavy atom. The maximum absolute atomic E-state index is 13.1. The zero-order valence-electron chi connectivity index (χ0n) is 16.2. The van der Waals surface area contributed by atoms with Crippen molar-refractivity contribution in [2.75, 3.05) is 31.1 Å². The van der Waals surface area contributed by atoms with Gasteiger partial charge in [-0.3, -0.25) is 4.90 Å². The van der Waals surface area contributed by atoms with Gasteiger partial charge in [0.2, 0.25) is 0 Å². The Bertz CT molecular complexity index is 1010. The van der Waals surface area contributed by atoms with Crippen LogP contribution in [0.15, 0.2) is 33.9 Å². The smallest absolute Gasteiger partial charge is 0.193 e. The Morgan fingerprint density at radius 3 is 2.52 bits per heavy atom. The highest BCUT2D eigenvalue weighted by molar-refractivity contribution is 7.97. The highest BCUT2D eigenvalue weighted by Gasteiger charge is 2.46. The lowest BCUT2D eigenvalue weighted by Gasteiger charge is -2.31. The van der Waals surface area contributed by atoms with Crippen molar-refractivity contribution in [1.29, 1.82) is 0 Å². The summed E-state index contributed by atoms with van der Waals surface area (Å²) in [6, 6.07) is 6.44. The standard InChI is InChI=1S/C18H25ClN2O4S4/c1-3-21(4-2)14(15-6-5-9-26-15)10-20-13-11-28(22,23)12-16(13)29(24,25)18-8-7-17(19)27-18/h5-9,13-14,16,20H,3-4,10-12H2,1-2H3/t13-,14?,16-/m0/s1. The number of likely N-dealkylation sites (N-methyl/N-ethyl adjacent to an activating group) is 1. The molecule has 1 N–H and O–H groups in total. The van der Waals surface area contributed by atoms with Crippen LogP contribution < -0.4 is 5.32 Å². The first-order chi connectivity index (χ1) is 13.7. The summed E-state index contributed by atoms with van der Waals surface area (Å²) < 4.78 is 51.3. The largest absolute Gasteiger partial charge is 0.310 e. The summed E-state index contributed by atoms with van der Waals surface area (Å²) >= 11 is 8.52. The molecule has 0 saturated carbocycles. The second-order valence-corrected chi connectivity index (χ2v) is 14.2. The molecular weight excluding hydrogens is 472 g/mol. The molecule has 0 aliphatic carbocycles. The van der Waals surface area contributed by atoms with Crippen molar-refractivity contribution < 1.29 is 16.8 Å². The SMILES string of the molecule is CCN(CC)C(CN[C@H]1CS(=O)(=O)C[C@@H]1S(=O)(=O)c1ccc(Cl)s1)c1cccs1. The number of rotatable bonds is 9. The highest BCUT2D eigenvalue weighted by Crippen LogP contribution is 2.33. The van der Waals surface area contributed by atoms with Crippen molar-refractivity contribution in [3.8, 4) is 0 Å². The predicted octanol–water partition coefficient (Wildman–Crippen LogP) is 3.08. The molecule has 2 aromatic heterocycles. The van der Waals surface area contributed by atoms with Crippen molar-refractivity contribution in [2.45, 2.75) is 35.4 Å². The van der Waals surface area contributed by atoms with Gasteiger partial charge in [0.25, 0.3) is 0 Å². The molecule has 6 nitrogen and oxygen atoms in total. The molecule has 3 rings (SSSR count). The molecule has 0 radical (unpaired) electrons. The van der Waals surface area contributed by atoms with Crippen LogP contribution in [-0.4, -0.2) is 64.2 Å². The van der Waals surface area contributed by atoms with E-state index in [-0.39, 0.29) is 21.8 Å². The van der Waals surface area contributed by atoms with Crippen LogP contribution in [0.3, 0.4) is 0 Å². The topological polar surface area (TPSA) is 83.6 Å². The number of halogens is 1. The monoisotopic (exact) mass is 496 g/mol. The first kappa shape index (κ1) is 23.2. The summed E-state index contributed by atoms with van der Waals surface area (Å²) in [4.78, 5) is 3.46. The van der Waals surface area contributed by atoms with E-state index >= 15 is 0 Å². The Morgan fingerprint density at radius 1 is 1.24 bits per heavy atom. The van der Waals surface area contributed by atoms with E-state index in [4.69, 9.17) is 11.6 Å². The molecule has 3 heterocycles. The van der Waals surface area contributed by atoms with E-state index in [0.29, 0.717) is 10.9 Å². The van der Waals surface area contributed by atoms with Gasteiger partial charge in [0.05, 0.1) is 27.1 Å². The van der Waals surface area contributed by atoms with Crippen molar-refractivity contribution in [2.24, 2.45) is 0 Å². The molecule has 29 heavy (non-hydrogen) atoms. The summed E-state index contributed by atoms with van der Waals surface area (Å²) in [6.45, 7) is 6.34. The van der Waals surface area contributed by atoms with Gasteiger partial charge in [-0.2, -0.15) is 0 Å². The van der Waals surface area contributed by atoms with Gasteiger partial charge in [-0.05, 0) is 36.7 Å². The minimum absolute atomic E-state index is 0.0628. The van der Waals surface area contributed by atoms with Gasteiger partial charge in [-0.1, -0.05) is 31.5 Å². The Labute approximate surface area is 185 Å².